The van der Waals surface area contributed by atoms with Gasteiger partial charge in [0.05, 0.1) is 13.2 Å². The molecule has 0 spiro atoms. The summed E-state index contributed by atoms with van der Waals surface area (Å²) < 4.78 is 10.7. The average molecular weight is 482 g/mol. The topological polar surface area (TPSA) is 117 Å². The number of carboxylic acids is 1. The molecule has 1 aliphatic carbocycles. The molecule has 1 atom stereocenters. The molecule has 4 rings (SSSR count). The number of hydrogen-bond acceptors (Lipinski definition) is 6. The van der Waals surface area contributed by atoms with Gasteiger partial charge in [0.25, 0.3) is 0 Å². The van der Waals surface area contributed by atoms with E-state index in [-0.39, 0.29) is 31.3 Å². The zero-order chi connectivity index (χ0) is 24.6. The maximum Gasteiger partial charge on any atom is 0.407 e. The van der Waals surface area contributed by atoms with Crippen LogP contribution >= 0.6 is 0 Å². The highest BCUT2D eigenvalue weighted by Gasteiger charge is 2.29. The van der Waals surface area contributed by atoms with Crippen molar-refractivity contribution >= 4 is 18.0 Å². The summed E-state index contributed by atoms with van der Waals surface area (Å²) in [6, 6.07) is 14.7. The van der Waals surface area contributed by atoms with Gasteiger partial charge in [0.15, 0.2) is 0 Å². The molecule has 186 valence electrons. The van der Waals surface area contributed by atoms with Gasteiger partial charge < -0.3 is 25.2 Å². The predicted octanol–water partition coefficient (Wildman–Crippen LogP) is 2.21. The van der Waals surface area contributed by atoms with E-state index in [1.807, 2.05) is 48.5 Å². The number of ether oxygens (including phenoxy) is 2. The molecular formula is C26H31N3O6. The van der Waals surface area contributed by atoms with Gasteiger partial charge in [-0.1, -0.05) is 48.5 Å². The lowest BCUT2D eigenvalue weighted by atomic mass is 9.98. The Kier molecular flexibility index (Phi) is 8.33. The summed E-state index contributed by atoms with van der Waals surface area (Å²) in [5.74, 6) is -1.58. The lowest BCUT2D eigenvalue weighted by Gasteiger charge is -2.26. The van der Waals surface area contributed by atoms with E-state index < -0.39 is 18.1 Å². The van der Waals surface area contributed by atoms with E-state index in [0.29, 0.717) is 19.8 Å². The molecule has 1 saturated heterocycles. The van der Waals surface area contributed by atoms with Crippen LogP contribution in [0, 0.1) is 0 Å². The molecule has 35 heavy (non-hydrogen) atoms. The molecular weight excluding hydrogens is 450 g/mol. The van der Waals surface area contributed by atoms with Crippen LogP contribution in [-0.2, 0) is 19.1 Å². The highest BCUT2D eigenvalue weighted by Crippen LogP contribution is 2.44. The average Bonchev–Trinajstić information content (AvgIpc) is 3.19. The van der Waals surface area contributed by atoms with E-state index in [1.54, 1.807) is 0 Å². The zero-order valence-corrected chi connectivity index (χ0v) is 19.6. The number of aliphatic carboxylic acids is 1. The van der Waals surface area contributed by atoms with Crippen molar-refractivity contribution in [3.8, 4) is 11.1 Å². The van der Waals surface area contributed by atoms with E-state index in [9.17, 15) is 19.5 Å². The molecule has 2 aliphatic rings. The van der Waals surface area contributed by atoms with Gasteiger partial charge in [-0.2, -0.15) is 0 Å². The standard InChI is InChI=1S/C26H31N3O6/c30-24(27-11-12-29-13-15-34-16-14-29)10-9-23(25(31)32)28-26(33)35-17-22-20-7-3-1-5-18(20)19-6-2-4-8-21(19)22/h1-8,22-23H,9-17H2,(H,27,30)(H,28,33)(H,31,32)/t23-/m0/s1. The number of alkyl carbamates (subject to hydrolysis) is 1. The van der Waals surface area contributed by atoms with Gasteiger partial charge in [0, 0.05) is 38.5 Å². The van der Waals surface area contributed by atoms with Crippen LogP contribution in [-0.4, -0.2) is 80.0 Å². The third kappa shape index (κ3) is 6.37. The van der Waals surface area contributed by atoms with Crippen molar-refractivity contribution in [1.82, 2.24) is 15.5 Å². The number of hydrogen-bond donors (Lipinski definition) is 3. The second-order valence-electron chi connectivity index (χ2n) is 8.70. The van der Waals surface area contributed by atoms with E-state index in [4.69, 9.17) is 9.47 Å². The number of carboxylic acid groups (broad SMARTS) is 1. The second kappa shape index (κ2) is 11.8. The molecule has 2 aromatic carbocycles. The van der Waals surface area contributed by atoms with Crippen LogP contribution < -0.4 is 10.6 Å². The first kappa shape index (κ1) is 24.7. The molecule has 1 heterocycles. The number of morpholine rings is 1. The van der Waals surface area contributed by atoms with Gasteiger partial charge >= 0.3 is 12.1 Å². The van der Waals surface area contributed by atoms with Gasteiger partial charge in [0.2, 0.25) is 5.91 Å². The second-order valence-corrected chi connectivity index (χ2v) is 8.70. The molecule has 1 fully saturated rings. The normalized spacial score (nSPS) is 16.1. The van der Waals surface area contributed by atoms with Crippen molar-refractivity contribution in [3.63, 3.8) is 0 Å². The Hall–Kier alpha value is -3.43. The number of carbonyl (C=O) groups excluding carboxylic acids is 2. The Bertz CT molecular complexity index is 1010. The van der Waals surface area contributed by atoms with Gasteiger partial charge in [-0.15, -0.1) is 0 Å². The van der Waals surface area contributed by atoms with Crippen molar-refractivity contribution in [1.29, 1.82) is 0 Å². The Balaban J connectivity index is 1.23. The first-order chi connectivity index (χ1) is 17.0. The SMILES string of the molecule is O=C(CC[C@H](NC(=O)OCC1c2ccccc2-c2ccccc21)C(=O)O)NCCN1CCOCC1. The maximum absolute atomic E-state index is 12.4. The molecule has 9 heteroatoms. The zero-order valence-electron chi connectivity index (χ0n) is 19.6. The van der Waals surface area contributed by atoms with E-state index in [2.05, 4.69) is 15.5 Å². The molecule has 3 N–H and O–H groups in total. The summed E-state index contributed by atoms with van der Waals surface area (Å²) in [6.45, 7) is 4.34. The third-order valence-electron chi connectivity index (χ3n) is 6.45. The number of rotatable bonds is 10. The van der Waals surface area contributed by atoms with Crippen LogP contribution in [0.2, 0.25) is 0 Å². The van der Waals surface area contributed by atoms with Crippen LogP contribution in [0.1, 0.15) is 29.9 Å². The number of nitrogens with one attached hydrogen (secondary N) is 2. The monoisotopic (exact) mass is 481 g/mol. The van der Waals surface area contributed by atoms with E-state index >= 15 is 0 Å². The quantitative estimate of drug-likeness (QED) is 0.476. The number of carbonyl (C=O) groups is 3. The van der Waals surface area contributed by atoms with E-state index in [0.717, 1.165) is 41.9 Å². The smallest absolute Gasteiger partial charge is 0.407 e. The molecule has 2 aromatic rings. The molecule has 1 aliphatic heterocycles. The highest BCUT2D eigenvalue weighted by molar-refractivity contribution is 5.82. The van der Waals surface area contributed by atoms with Crippen molar-refractivity contribution in [2.24, 2.45) is 0 Å². The lowest BCUT2D eigenvalue weighted by molar-refractivity contribution is -0.139. The van der Waals surface area contributed by atoms with Gasteiger partial charge in [-0.25, -0.2) is 9.59 Å². The van der Waals surface area contributed by atoms with E-state index in [1.165, 1.54) is 0 Å². The number of fused-ring (bicyclic) bond motifs is 3. The maximum atomic E-state index is 12.4. The molecule has 0 saturated carbocycles. The third-order valence-corrected chi connectivity index (χ3v) is 6.45. The Labute approximate surface area is 204 Å². The van der Waals surface area contributed by atoms with Crippen molar-refractivity contribution < 1.29 is 29.0 Å². The molecule has 9 nitrogen and oxygen atoms in total. The number of benzene rings is 2. The molecule has 0 radical (unpaired) electrons. The van der Waals surface area contributed by atoms with Crippen LogP contribution in [0.3, 0.4) is 0 Å². The van der Waals surface area contributed by atoms with Crippen molar-refractivity contribution in [2.45, 2.75) is 24.8 Å². The van der Waals surface area contributed by atoms with Gasteiger partial charge in [-0.3, -0.25) is 9.69 Å². The van der Waals surface area contributed by atoms with Crippen LogP contribution in [0.25, 0.3) is 11.1 Å². The summed E-state index contributed by atoms with van der Waals surface area (Å²) in [7, 11) is 0. The van der Waals surface area contributed by atoms with Crippen molar-refractivity contribution in [3.05, 3.63) is 59.7 Å². The highest BCUT2D eigenvalue weighted by atomic mass is 16.5. The lowest BCUT2D eigenvalue weighted by Crippen LogP contribution is -2.43. The fourth-order valence-corrected chi connectivity index (χ4v) is 4.58. The summed E-state index contributed by atoms with van der Waals surface area (Å²) in [5, 5.41) is 14.7. The molecule has 0 unspecified atom stereocenters. The number of amides is 2. The minimum absolute atomic E-state index is 0.0102. The predicted molar refractivity (Wildman–Crippen MR) is 129 cm³/mol. The Morgan fingerprint density at radius 2 is 1.66 bits per heavy atom. The van der Waals surface area contributed by atoms with Gasteiger partial charge in [-0.05, 0) is 28.7 Å². The minimum Gasteiger partial charge on any atom is -0.480 e. The first-order valence-corrected chi connectivity index (χ1v) is 11.9. The summed E-state index contributed by atoms with van der Waals surface area (Å²) >= 11 is 0. The summed E-state index contributed by atoms with van der Waals surface area (Å²) in [6.07, 6.45) is -0.848. The fraction of sp³-hybridized carbons (Fsp3) is 0.423. The van der Waals surface area contributed by atoms with Crippen LogP contribution in [0.5, 0.6) is 0 Å². The largest absolute Gasteiger partial charge is 0.480 e. The van der Waals surface area contributed by atoms with Crippen LogP contribution in [0.15, 0.2) is 48.5 Å². The molecule has 0 aromatic heterocycles. The van der Waals surface area contributed by atoms with Crippen LogP contribution in [0.4, 0.5) is 4.79 Å². The van der Waals surface area contributed by atoms with Gasteiger partial charge in [0.1, 0.15) is 12.6 Å². The summed E-state index contributed by atoms with van der Waals surface area (Å²) in [4.78, 5) is 38.4. The Morgan fingerprint density at radius 3 is 2.29 bits per heavy atom. The molecule has 0 bridgehead atoms. The fourth-order valence-electron chi connectivity index (χ4n) is 4.58. The first-order valence-electron chi connectivity index (χ1n) is 11.9. The molecule has 2 amide bonds. The Morgan fingerprint density at radius 1 is 1.03 bits per heavy atom. The van der Waals surface area contributed by atoms with Crippen molar-refractivity contribution in [2.75, 3.05) is 46.0 Å². The number of nitrogens with zero attached hydrogens (tertiary/aromatic N) is 1. The minimum atomic E-state index is -1.21. The summed E-state index contributed by atoms with van der Waals surface area (Å²) in [5.41, 5.74) is 4.37.